The number of benzene rings is 2. The van der Waals surface area contributed by atoms with E-state index < -0.39 is 28.5 Å². The summed E-state index contributed by atoms with van der Waals surface area (Å²) >= 11 is 3.35. The molecule has 0 fully saturated rings. The van der Waals surface area contributed by atoms with Gasteiger partial charge in [0, 0.05) is 17.1 Å². The van der Waals surface area contributed by atoms with Gasteiger partial charge in [0.25, 0.3) is 0 Å². The van der Waals surface area contributed by atoms with Crippen LogP contribution in [0, 0.1) is 0 Å². The Hall–Kier alpha value is -2.39. The van der Waals surface area contributed by atoms with Crippen LogP contribution in [0.25, 0.3) is 0 Å². The van der Waals surface area contributed by atoms with Gasteiger partial charge in [0.2, 0.25) is 21.8 Å². The van der Waals surface area contributed by atoms with E-state index in [-0.39, 0.29) is 18.5 Å². The molecule has 0 radical (unpaired) electrons. The zero-order valence-electron chi connectivity index (χ0n) is 19.5. The van der Waals surface area contributed by atoms with E-state index in [0.29, 0.717) is 16.6 Å². The van der Waals surface area contributed by atoms with Crippen molar-refractivity contribution >= 4 is 43.5 Å². The summed E-state index contributed by atoms with van der Waals surface area (Å²) in [6, 6.07) is 15.6. The van der Waals surface area contributed by atoms with E-state index in [4.69, 9.17) is 0 Å². The molecule has 0 heterocycles. The highest BCUT2D eigenvalue weighted by atomic mass is 79.9. The van der Waals surface area contributed by atoms with Crippen LogP contribution in [0.4, 0.5) is 5.69 Å². The second kappa shape index (κ2) is 12.2. The Labute approximate surface area is 205 Å². The highest BCUT2D eigenvalue weighted by Gasteiger charge is 2.30. The van der Waals surface area contributed by atoms with Crippen molar-refractivity contribution in [2.24, 2.45) is 0 Å². The number of anilines is 1. The van der Waals surface area contributed by atoms with Gasteiger partial charge in [-0.2, -0.15) is 0 Å². The monoisotopic (exact) mass is 537 g/mol. The summed E-state index contributed by atoms with van der Waals surface area (Å²) in [6.07, 6.45) is 2.37. The third kappa shape index (κ3) is 8.16. The van der Waals surface area contributed by atoms with Crippen molar-refractivity contribution in [2.75, 3.05) is 23.7 Å². The van der Waals surface area contributed by atoms with Crippen LogP contribution in [-0.4, -0.2) is 56.6 Å². The van der Waals surface area contributed by atoms with E-state index in [1.165, 1.54) is 4.90 Å². The molecule has 2 aromatic rings. The van der Waals surface area contributed by atoms with Crippen molar-refractivity contribution in [3.63, 3.8) is 0 Å². The minimum Gasteiger partial charge on any atom is -0.352 e. The van der Waals surface area contributed by atoms with Crippen LogP contribution < -0.4 is 9.62 Å². The highest BCUT2D eigenvalue weighted by Crippen LogP contribution is 2.22. The molecule has 180 valence electrons. The lowest BCUT2D eigenvalue weighted by Gasteiger charge is -2.32. The Morgan fingerprint density at radius 1 is 1.06 bits per heavy atom. The zero-order valence-corrected chi connectivity index (χ0v) is 21.9. The van der Waals surface area contributed by atoms with Gasteiger partial charge in [0.15, 0.2) is 0 Å². The molecule has 0 spiro atoms. The van der Waals surface area contributed by atoms with Crippen LogP contribution in [0.3, 0.4) is 0 Å². The molecule has 0 saturated heterocycles. The molecule has 0 aliphatic heterocycles. The predicted molar refractivity (Wildman–Crippen MR) is 136 cm³/mol. The fraction of sp³-hybridized carbons (Fsp3) is 0.417. The minimum atomic E-state index is -3.73. The van der Waals surface area contributed by atoms with Crippen LogP contribution in [0.5, 0.6) is 0 Å². The van der Waals surface area contributed by atoms with Gasteiger partial charge >= 0.3 is 0 Å². The van der Waals surface area contributed by atoms with E-state index in [1.807, 2.05) is 44.2 Å². The number of amides is 2. The summed E-state index contributed by atoms with van der Waals surface area (Å²) in [4.78, 5) is 27.7. The van der Waals surface area contributed by atoms with E-state index in [9.17, 15) is 18.0 Å². The van der Waals surface area contributed by atoms with Gasteiger partial charge in [-0.05, 0) is 50.5 Å². The molecular formula is C24H32BrN3O4S. The summed E-state index contributed by atoms with van der Waals surface area (Å²) in [5.41, 5.74) is 1.40. The molecule has 0 saturated carbocycles. The van der Waals surface area contributed by atoms with Crippen molar-refractivity contribution in [1.82, 2.24) is 10.2 Å². The molecule has 0 unspecified atom stereocenters. The summed E-state index contributed by atoms with van der Waals surface area (Å²) in [6.45, 7) is 5.43. The molecule has 0 aliphatic rings. The standard InChI is InChI=1S/C24H32BrN3O4S/c1-5-18(2)26-24(30)19(3)27(15-14-20-10-7-6-8-11-20)23(29)17-28(33(4,31)32)22-13-9-12-21(25)16-22/h6-13,16,18-19H,5,14-15,17H2,1-4H3,(H,26,30)/t18-,19-/m0/s1. The second-order valence-electron chi connectivity index (χ2n) is 8.07. The molecule has 2 aromatic carbocycles. The summed E-state index contributed by atoms with van der Waals surface area (Å²) in [5, 5.41) is 2.91. The minimum absolute atomic E-state index is 0.0276. The number of halogens is 1. The Kier molecular flexibility index (Phi) is 9.91. The summed E-state index contributed by atoms with van der Waals surface area (Å²) in [7, 11) is -3.73. The van der Waals surface area contributed by atoms with Crippen LogP contribution in [-0.2, 0) is 26.0 Å². The van der Waals surface area contributed by atoms with E-state index in [2.05, 4.69) is 21.2 Å². The molecule has 0 aliphatic carbocycles. The van der Waals surface area contributed by atoms with Crippen molar-refractivity contribution in [3.05, 3.63) is 64.6 Å². The average Bonchev–Trinajstić information content (AvgIpc) is 2.77. The van der Waals surface area contributed by atoms with Gasteiger partial charge in [-0.3, -0.25) is 13.9 Å². The summed E-state index contributed by atoms with van der Waals surface area (Å²) in [5.74, 6) is -0.706. The van der Waals surface area contributed by atoms with Gasteiger partial charge < -0.3 is 10.2 Å². The van der Waals surface area contributed by atoms with Gasteiger partial charge in [0.1, 0.15) is 12.6 Å². The van der Waals surface area contributed by atoms with Crippen molar-refractivity contribution < 1.29 is 18.0 Å². The topological polar surface area (TPSA) is 86.8 Å². The summed E-state index contributed by atoms with van der Waals surface area (Å²) < 4.78 is 26.8. The van der Waals surface area contributed by atoms with Gasteiger partial charge in [-0.1, -0.05) is 59.3 Å². The number of sulfonamides is 1. The number of carbonyl (C=O) groups is 2. The number of hydrogen-bond donors (Lipinski definition) is 1. The molecule has 33 heavy (non-hydrogen) atoms. The molecule has 0 bridgehead atoms. The lowest BCUT2D eigenvalue weighted by atomic mass is 10.1. The van der Waals surface area contributed by atoms with Gasteiger partial charge in [-0.15, -0.1) is 0 Å². The third-order valence-corrected chi connectivity index (χ3v) is 7.06. The fourth-order valence-electron chi connectivity index (χ4n) is 3.28. The van der Waals surface area contributed by atoms with Gasteiger partial charge in [-0.25, -0.2) is 8.42 Å². The van der Waals surface area contributed by atoms with Crippen LogP contribution in [0.1, 0.15) is 32.8 Å². The van der Waals surface area contributed by atoms with Crippen LogP contribution in [0.2, 0.25) is 0 Å². The number of nitrogens with one attached hydrogen (secondary N) is 1. The molecule has 2 atom stereocenters. The maximum absolute atomic E-state index is 13.4. The number of nitrogens with zero attached hydrogens (tertiary/aromatic N) is 2. The molecule has 9 heteroatoms. The first kappa shape index (κ1) is 26.9. The van der Waals surface area contributed by atoms with E-state index >= 15 is 0 Å². The predicted octanol–water partition coefficient (Wildman–Crippen LogP) is 3.59. The number of hydrogen-bond acceptors (Lipinski definition) is 4. The van der Waals surface area contributed by atoms with Crippen molar-refractivity contribution in [1.29, 1.82) is 0 Å². The smallest absolute Gasteiger partial charge is 0.244 e. The number of carbonyl (C=O) groups excluding carboxylic acids is 2. The fourth-order valence-corrected chi connectivity index (χ4v) is 4.51. The maximum Gasteiger partial charge on any atom is 0.244 e. The molecule has 1 N–H and O–H groups in total. The number of rotatable bonds is 11. The van der Waals surface area contributed by atoms with Crippen molar-refractivity contribution in [2.45, 2.75) is 45.7 Å². The molecule has 2 rings (SSSR count). The molecule has 2 amide bonds. The van der Waals surface area contributed by atoms with Crippen LogP contribution >= 0.6 is 15.9 Å². The largest absolute Gasteiger partial charge is 0.352 e. The van der Waals surface area contributed by atoms with E-state index in [0.717, 1.165) is 22.5 Å². The normalized spacial score (nSPS) is 13.1. The quantitative estimate of drug-likeness (QED) is 0.474. The lowest BCUT2D eigenvalue weighted by Crippen LogP contribution is -2.53. The first-order chi connectivity index (χ1) is 15.5. The Morgan fingerprint density at radius 2 is 1.73 bits per heavy atom. The Balaban J connectivity index is 2.30. The average molecular weight is 539 g/mol. The Morgan fingerprint density at radius 3 is 2.30 bits per heavy atom. The highest BCUT2D eigenvalue weighted by molar-refractivity contribution is 9.10. The lowest BCUT2D eigenvalue weighted by molar-refractivity contribution is -0.139. The molecule has 0 aromatic heterocycles. The molecular weight excluding hydrogens is 506 g/mol. The molecule has 7 nitrogen and oxygen atoms in total. The zero-order chi connectivity index (χ0) is 24.6. The maximum atomic E-state index is 13.4. The first-order valence-corrected chi connectivity index (χ1v) is 13.5. The Bertz CT molecular complexity index is 1050. The first-order valence-electron chi connectivity index (χ1n) is 10.9. The van der Waals surface area contributed by atoms with Crippen LogP contribution in [0.15, 0.2) is 59.1 Å². The second-order valence-corrected chi connectivity index (χ2v) is 10.9. The van der Waals surface area contributed by atoms with E-state index in [1.54, 1.807) is 31.2 Å². The van der Waals surface area contributed by atoms with Gasteiger partial charge in [0.05, 0.1) is 11.9 Å². The SMILES string of the molecule is CC[C@H](C)NC(=O)[C@H](C)N(CCc1ccccc1)C(=O)CN(c1cccc(Br)c1)S(C)(=O)=O. The third-order valence-electron chi connectivity index (χ3n) is 5.43. The van der Waals surface area contributed by atoms with Crippen molar-refractivity contribution in [3.8, 4) is 0 Å².